The van der Waals surface area contributed by atoms with Gasteiger partial charge in [0, 0.05) is 18.5 Å². The number of amides is 1. The number of nitrogens with zero attached hydrogens (tertiary/aromatic N) is 2. The molecule has 0 radical (unpaired) electrons. The molecule has 0 aromatic carbocycles. The SMILES string of the molecule is N#CC1CN(C(=O)CC2(N)CCCCC2)CCO1. The molecule has 5 nitrogen and oxygen atoms in total. The van der Waals surface area contributed by atoms with E-state index in [2.05, 4.69) is 6.07 Å². The van der Waals surface area contributed by atoms with Gasteiger partial charge in [-0.2, -0.15) is 5.26 Å². The fourth-order valence-electron chi connectivity index (χ4n) is 2.80. The minimum atomic E-state index is -0.484. The van der Waals surface area contributed by atoms with Crippen LogP contribution in [0.25, 0.3) is 0 Å². The Morgan fingerprint density at radius 1 is 1.44 bits per heavy atom. The van der Waals surface area contributed by atoms with E-state index < -0.39 is 6.10 Å². The van der Waals surface area contributed by atoms with E-state index in [-0.39, 0.29) is 11.4 Å². The number of hydrogen-bond acceptors (Lipinski definition) is 4. The Labute approximate surface area is 108 Å². The highest BCUT2D eigenvalue weighted by molar-refractivity contribution is 5.77. The zero-order valence-corrected chi connectivity index (χ0v) is 10.7. The molecular weight excluding hydrogens is 230 g/mol. The van der Waals surface area contributed by atoms with Crippen molar-refractivity contribution in [2.45, 2.75) is 50.2 Å². The van der Waals surface area contributed by atoms with Crippen LogP contribution in [0.1, 0.15) is 38.5 Å². The van der Waals surface area contributed by atoms with Crippen molar-refractivity contribution in [1.29, 1.82) is 5.26 Å². The molecule has 1 unspecified atom stereocenters. The normalized spacial score (nSPS) is 27.6. The Kier molecular flexibility index (Phi) is 4.20. The van der Waals surface area contributed by atoms with Crippen LogP contribution in [-0.4, -0.2) is 42.1 Å². The average molecular weight is 251 g/mol. The van der Waals surface area contributed by atoms with E-state index in [1.165, 1.54) is 6.42 Å². The van der Waals surface area contributed by atoms with Crippen LogP contribution < -0.4 is 5.73 Å². The lowest BCUT2D eigenvalue weighted by Gasteiger charge is -2.36. The van der Waals surface area contributed by atoms with E-state index in [4.69, 9.17) is 15.7 Å². The molecule has 1 amide bonds. The summed E-state index contributed by atoms with van der Waals surface area (Å²) in [5.74, 6) is 0.0722. The number of carbonyl (C=O) groups is 1. The maximum atomic E-state index is 12.2. The van der Waals surface area contributed by atoms with Crippen LogP contribution in [0.15, 0.2) is 0 Å². The minimum absolute atomic E-state index is 0.0722. The van der Waals surface area contributed by atoms with Crippen LogP contribution in [0.4, 0.5) is 0 Å². The summed E-state index contributed by atoms with van der Waals surface area (Å²) in [5.41, 5.74) is 5.97. The summed E-state index contributed by atoms with van der Waals surface area (Å²) in [6, 6.07) is 2.05. The molecule has 1 aliphatic carbocycles. The van der Waals surface area contributed by atoms with Crippen LogP contribution in [0.5, 0.6) is 0 Å². The summed E-state index contributed by atoms with van der Waals surface area (Å²) >= 11 is 0. The summed E-state index contributed by atoms with van der Waals surface area (Å²) < 4.78 is 5.24. The van der Waals surface area contributed by atoms with Crippen molar-refractivity contribution in [3.05, 3.63) is 0 Å². The fourth-order valence-corrected chi connectivity index (χ4v) is 2.80. The number of carbonyl (C=O) groups excluding carboxylic acids is 1. The van der Waals surface area contributed by atoms with E-state index in [9.17, 15) is 4.79 Å². The van der Waals surface area contributed by atoms with E-state index in [1.54, 1.807) is 4.90 Å². The van der Waals surface area contributed by atoms with Crippen molar-refractivity contribution >= 4 is 5.91 Å². The predicted molar refractivity (Wildman–Crippen MR) is 66.6 cm³/mol. The smallest absolute Gasteiger partial charge is 0.224 e. The molecule has 5 heteroatoms. The molecule has 1 saturated heterocycles. The number of hydrogen-bond donors (Lipinski definition) is 1. The Morgan fingerprint density at radius 3 is 2.83 bits per heavy atom. The first-order chi connectivity index (χ1) is 8.63. The molecule has 1 heterocycles. The first-order valence-electron chi connectivity index (χ1n) is 6.71. The van der Waals surface area contributed by atoms with E-state index >= 15 is 0 Å². The van der Waals surface area contributed by atoms with Gasteiger partial charge in [0.25, 0.3) is 0 Å². The highest BCUT2D eigenvalue weighted by Crippen LogP contribution is 2.29. The van der Waals surface area contributed by atoms with Crippen LogP contribution in [0.2, 0.25) is 0 Å². The number of rotatable bonds is 2. The van der Waals surface area contributed by atoms with Crippen molar-refractivity contribution < 1.29 is 9.53 Å². The van der Waals surface area contributed by atoms with Crippen LogP contribution in [0.3, 0.4) is 0 Å². The molecule has 18 heavy (non-hydrogen) atoms. The average Bonchev–Trinajstić information content (AvgIpc) is 2.39. The van der Waals surface area contributed by atoms with Gasteiger partial charge in [-0.3, -0.25) is 4.79 Å². The summed E-state index contributed by atoms with van der Waals surface area (Å²) in [4.78, 5) is 13.9. The summed E-state index contributed by atoms with van der Waals surface area (Å²) in [6.45, 7) is 1.40. The molecular formula is C13H21N3O2. The van der Waals surface area contributed by atoms with Gasteiger partial charge in [-0.25, -0.2) is 0 Å². The van der Waals surface area contributed by atoms with Gasteiger partial charge in [-0.05, 0) is 12.8 Å². The maximum absolute atomic E-state index is 12.2. The summed E-state index contributed by atoms with van der Waals surface area (Å²) in [5, 5.41) is 8.83. The van der Waals surface area contributed by atoms with Gasteiger partial charge in [0.1, 0.15) is 0 Å². The fraction of sp³-hybridized carbons (Fsp3) is 0.846. The molecule has 2 rings (SSSR count). The Bertz CT molecular complexity index is 345. The highest BCUT2D eigenvalue weighted by atomic mass is 16.5. The second kappa shape index (κ2) is 5.68. The van der Waals surface area contributed by atoms with Gasteiger partial charge in [0.05, 0.1) is 19.2 Å². The molecule has 0 aromatic rings. The van der Waals surface area contributed by atoms with E-state index in [0.717, 1.165) is 25.7 Å². The third-order valence-corrected chi connectivity index (χ3v) is 3.92. The summed E-state index contributed by atoms with van der Waals surface area (Å²) in [6.07, 6.45) is 5.26. The van der Waals surface area contributed by atoms with E-state index in [0.29, 0.717) is 26.1 Å². The van der Waals surface area contributed by atoms with Gasteiger partial charge in [-0.15, -0.1) is 0 Å². The Morgan fingerprint density at radius 2 is 2.17 bits per heavy atom. The molecule has 2 aliphatic rings. The number of nitriles is 1. The van der Waals surface area contributed by atoms with Crippen LogP contribution in [0, 0.1) is 11.3 Å². The first-order valence-corrected chi connectivity index (χ1v) is 6.71. The van der Waals surface area contributed by atoms with Gasteiger partial charge in [-0.1, -0.05) is 19.3 Å². The lowest BCUT2D eigenvalue weighted by atomic mass is 9.80. The van der Waals surface area contributed by atoms with E-state index in [1.807, 2.05) is 0 Å². The van der Waals surface area contributed by atoms with Crippen molar-refractivity contribution in [3.63, 3.8) is 0 Å². The lowest BCUT2D eigenvalue weighted by molar-refractivity contribution is -0.138. The first kappa shape index (κ1) is 13.3. The predicted octanol–water partition coefficient (Wildman–Crippen LogP) is 0.789. The monoisotopic (exact) mass is 251 g/mol. The van der Waals surface area contributed by atoms with Gasteiger partial charge < -0.3 is 15.4 Å². The molecule has 2 fully saturated rings. The second-order valence-corrected chi connectivity index (χ2v) is 5.43. The maximum Gasteiger partial charge on any atom is 0.224 e. The molecule has 2 N–H and O–H groups in total. The Balaban J connectivity index is 1.89. The van der Waals surface area contributed by atoms with Gasteiger partial charge in [0.15, 0.2) is 6.10 Å². The number of morpholine rings is 1. The molecule has 0 bridgehead atoms. The van der Waals surface area contributed by atoms with Gasteiger partial charge in [0.2, 0.25) is 5.91 Å². The molecule has 1 atom stereocenters. The van der Waals surface area contributed by atoms with Crippen molar-refractivity contribution in [3.8, 4) is 6.07 Å². The standard InChI is InChI=1S/C13H21N3O2/c14-9-11-10-16(6-7-18-11)12(17)8-13(15)4-2-1-3-5-13/h11H,1-8,10,15H2. The quantitative estimate of drug-likeness (QED) is 0.787. The third kappa shape index (κ3) is 3.21. The van der Waals surface area contributed by atoms with Crippen LogP contribution in [-0.2, 0) is 9.53 Å². The van der Waals surface area contributed by atoms with Crippen molar-refractivity contribution in [2.24, 2.45) is 5.73 Å². The summed E-state index contributed by atoms with van der Waals surface area (Å²) in [7, 11) is 0. The minimum Gasteiger partial charge on any atom is -0.360 e. The molecule has 100 valence electrons. The largest absolute Gasteiger partial charge is 0.360 e. The van der Waals surface area contributed by atoms with Crippen molar-refractivity contribution in [2.75, 3.05) is 19.7 Å². The van der Waals surface area contributed by atoms with Crippen molar-refractivity contribution in [1.82, 2.24) is 4.90 Å². The highest BCUT2D eigenvalue weighted by Gasteiger charge is 2.33. The zero-order chi connectivity index (χ0) is 13.0. The molecule has 1 aliphatic heterocycles. The third-order valence-electron chi connectivity index (χ3n) is 3.92. The lowest BCUT2D eigenvalue weighted by Crippen LogP contribution is -2.50. The molecule has 0 aromatic heterocycles. The second-order valence-electron chi connectivity index (χ2n) is 5.43. The molecule has 1 saturated carbocycles. The Hall–Kier alpha value is -1.12. The van der Waals surface area contributed by atoms with Gasteiger partial charge >= 0.3 is 0 Å². The number of nitrogens with two attached hydrogens (primary N) is 1. The topological polar surface area (TPSA) is 79.4 Å². The van der Waals surface area contributed by atoms with Crippen LogP contribution >= 0.6 is 0 Å². The number of ether oxygens (including phenoxy) is 1. The zero-order valence-electron chi connectivity index (χ0n) is 10.7. The molecule has 0 spiro atoms.